The van der Waals surface area contributed by atoms with Crippen LogP contribution in [0.15, 0.2) is 18.2 Å². The van der Waals surface area contributed by atoms with Gasteiger partial charge in [-0.2, -0.15) is 0 Å². The Labute approximate surface area is 124 Å². The van der Waals surface area contributed by atoms with Gasteiger partial charge in [-0.3, -0.25) is 9.69 Å². The summed E-state index contributed by atoms with van der Waals surface area (Å²) in [5.74, 6) is -2.00. The van der Waals surface area contributed by atoms with E-state index in [2.05, 4.69) is 0 Å². The number of rotatable bonds is 7. The van der Waals surface area contributed by atoms with E-state index in [4.69, 9.17) is 0 Å². The van der Waals surface area contributed by atoms with Crippen molar-refractivity contribution >= 4 is 5.91 Å². The SMILES string of the molecule is CCCN(CC(=O)N(C)C)CC(O)c1ccc(F)c(F)c1. The van der Waals surface area contributed by atoms with Crippen LogP contribution >= 0.6 is 0 Å². The molecule has 4 nitrogen and oxygen atoms in total. The maximum Gasteiger partial charge on any atom is 0.236 e. The molecule has 1 atom stereocenters. The minimum atomic E-state index is -0.988. The molecule has 0 aliphatic carbocycles. The van der Waals surface area contributed by atoms with Gasteiger partial charge in [-0.25, -0.2) is 8.78 Å². The van der Waals surface area contributed by atoms with Crippen molar-refractivity contribution in [2.45, 2.75) is 19.4 Å². The Morgan fingerprint density at radius 1 is 1.29 bits per heavy atom. The van der Waals surface area contributed by atoms with E-state index in [-0.39, 0.29) is 19.0 Å². The summed E-state index contributed by atoms with van der Waals surface area (Å²) in [7, 11) is 3.33. The molecular formula is C15H22F2N2O2. The van der Waals surface area contributed by atoms with Crippen molar-refractivity contribution in [3.8, 4) is 0 Å². The number of hydrogen-bond acceptors (Lipinski definition) is 3. The molecule has 1 unspecified atom stereocenters. The molecule has 0 aliphatic rings. The van der Waals surface area contributed by atoms with Crippen LogP contribution in [0.4, 0.5) is 8.78 Å². The van der Waals surface area contributed by atoms with Crippen molar-refractivity contribution in [2.24, 2.45) is 0 Å². The van der Waals surface area contributed by atoms with E-state index in [1.807, 2.05) is 6.92 Å². The molecule has 0 aromatic heterocycles. The number of amides is 1. The summed E-state index contributed by atoms with van der Waals surface area (Å²) in [6, 6.07) is 3.32. The number of carbonyl (C=O) groups excluding carboxylic acids is 1. The predicted octanol–water partition coefficient (Wildman–Crippen LogP) is 1.80. The number of hydrogen-bond donors (Lipinski definition) is 1. The fraction of sp³-hybridized carbons (Fsp3) is 0.533. The molecule has 1 rings (SSSR count). The highest BCUT2D eigenvalue weighted by molar-refractivity contribution is 5.77. The second-order valence-corrected chi connectivity index (χ2v) is 5.21. The third-order valence-electron chi connectivity index (χ3n) is 3.16. The molecule has 1 aromatic rings. The quantitative estimate of drug-likeness (QED) is 0.835. The van der Waals surface area contributed by atoms with E-state index in [0.717, 1.165) is 18.6 Å². The third kappa shape index (κ3) is 5.40. The normalized spacial score (nSPS) is 12.5. The smallest absolute Gasteiger partial charge is 0.236 e. The summed E-state index contributed by atoms with van der Waals surface area (Å²) in [6.07, 6.45) is -0.146. The summed E-state index contributed by atoms with van der Waals surface area (Å²) in [5.41, 5.74) is 0.298. The van der Waals surface area contributed by atoms with Gasteiger partial charge in [0, 0.05) is 20.6 Å². The number of carbonyl (C=O) groups is 1. The Hall–Kier alpha value is -1.53. The van der Waals surface area contributed by atoms with E-state index >= 15 is 0 Å². The zero-order chi connectivity index (χ0) is 16.0. The maximum atomic E-state index is 13.2. The van der Waals surface area contributed by atoms with Gasteiger partial charge in [0.15, 0.2) is 11.6 Å². The molecule has 118 valence electrons. The number of aliphatic hydroxyl groups excluding tert-OH is 1. The van der Waals surface area contributed by atoms with Crippen molar-refractivity contribution < 1.29 is 18.7 Å². The number of halogens is 2. The van der Waals surface area contributed by atoms with E-state index in [1.165, 1.54) is 11.0 Å². The number of nitrogens with zero attached hydrogens (tertiary/aromatic N) is 2. The van der Waals surface area contributed by atoms with Gasteiger partial charge in [0.2, 0.25) is 5.91 Å². The Morgan fingerprint density at radius 3 is 2.48 bits per heavy atom. The van der Waals surface area contributed by atoms with E-state index in [1.54, 1.807) is 19.0 Å². The van der Waals surface area contributed by atoms with Gasteiger partial charge in [-0.15, -0.1) is 0 Å². The fourth-order valence-corrected chi connectivity index (χ4v) is 1.95. The van der Waals surface area contributed by atoms with Crippen molar-refractivity contribution in [3.63, 3.8) is 0 Å². The lowest BCUT2D eigenvalue weighted by atomic mass is 10.1. The molecule has 0 saturated carbocycles. The van der Waals surface area contributed by atoms with Gasteiger partial charge < -0.3 is 10.0 Å². The molecule has 6 heteroatoms. The Morgan fingerprint density at radius 2 is 1.95 bits per heavy atom. The summed E-state index contributed by atoms with van der Waals surface area (Å²) in [5, 5.41) is 10.1. The molecule has 0 fully saturated rings. The highest BCUT2D eigenvalue weighted by Gasteiger charge is 2.17. The van der Waals surface area contributed by atoms with Crippen LogP contribution in [0.2, 0.25) is 0 Å². The molecular weight excluding hydrogens is 278 g/mol. The zero-order valence-electron chi connectivity index (χ0n) is 12.6. The second kappa shape index (κ2) is 8.05. The summed E-state index contributed by atoms with van der Waals surface area (Å²) in [4.78, 5) is 15.0. The van der Waals surface area contributed by atoms with Crippen molar-refractivity contribution in [1.29, 1.82) is 0 Å². The molecule has 0 spiro atoms. The van der Waals surface area contributed by atoms with Crippen molar-refractivity contribution in [1.82, 2.24) is 9.80 Å². The molecule has 21 heavy (non-hydrogen) atoms. The van der Waals surface area contributed by atoms with Crippen molar-refractivity contribution in [2.75, 3.05) is 33.7 Å². The zero-order valence-corrected chi connectivity index (χ0v) is 12.6. The monoisotopic (exact) mass is 300 g/mol. The number of benzene rings is 1. The van der Waals surface area contributed by atoms with Gasteiger partial charge in [-0.1, -0.05) is 13.0 Å². The second-order valence-electron chi connectivity index (χ2n) is 5.21. The first-order valence-electron chi connectivity index (χ1n) is 6.90. The maximum absolute atomic E-state index is 13.2. The molecule has 1 amide bonds. The highest BCUT2D eigenvalue weighted by atomic mass is 19.2. The molecule has 0 heterocycles. The van der Waals surface area contributed by atoms with Gasteiger partial charge in [0.25, 0.3) is 0 Å². The fourth-order valence-electron chi connectivity index (χ4n) is 1.95. The first-order valence-corrected chi connectivity index (χ1v) is 6.90. The van der Waals surface area contributed by atoms with Crippen LogP contribution in [0.5, 0.6) is 0 Å². The Bertz CT molecular complexity index is 481. The summed E-state index contributed by atoms with van der Waals surface area (Å²) < 4.78 is 26.1. The highest BCUT2D eigenvalue weighted by Crippen LogP contribution is 2.17. The minimum Gasteiger partial charge on any atom is -0.387 e. The van der Waals surface area contributed by atoms with Crippen LogP contribution in [0.1, 0.15) is 25.0 Å². The lowest BCUT2D eigenvalue weighted by Crippen LogP contribution is -2.39. The van der Waals surface area contributed by atoms with Gasteiger partial charge in [-0.05, 0) is 30.7 Å². The Kier molecular flexibility index (Phi) is 6.71. The van der Waals surface area contributed by atoms with Gasteiger partial charge in [0.1, 0.15) is 0 Å². The molecule has 1 aromatic carbocycles. The molecule has 0 bridgehead atoms. The van der Waals surface area contributed by atoms with E-state index in [9.17, 15) is 18.7 Å². The first kappa shape index (κ1) is 17.5. The molecule has 0 saturated heterocycles. The van der Waals surface area contributed by atoms with Crippen LogP contribution in [-0.2, 0) is 4.79 Å². The van der Waals surface area contributed by atoms with E-state index < -0.39 is 17.7 Å². The molecule has 1 N–H and O–H groups in total. The standard InChI is InChI=1S/C15H22F2N2O2/c1-4-7-19(10-15(21)18(2)3)9-14(20)11-5-6-12(16)13(17)8-11/h5-6,8,14,20H,4,7,9-10H2,1-3H3. The first-order chi connectivity index (χ1) is 9.85. The van der Waals surface area contributed by atoms with Crippen LogP contribution in [0.25, 0.3) is 0 Å². The number of aliphatic hydroxyl groups is 1. The molecule has 0 aliphatic heterocycles. The third-order valence-corrected chi connectivity index (χ3v) is 3.16. The lowest BCUT2D eigenvalue weighted by Gasteiger charge is -2.25. The summed E-state index contributed by atoms with van der Waals surface area (Å²) >= 11 is 0. The van der Waals surface area contributed by atoms with Crippen molar-refractivity contribution in [3.05, 3.63) is 35.4 Å². The Balaban J connectivity index is 2.73. The largest absolute Gasteiger partial charge is 0.387 e. The number of likely N-dealkylation sites (N-methyl/N-ethyl adjacent to an activating group) is 1. The lowest BCUT2D eigenvalue weighted by molar-refractivity contribution is -0.130. The average molecular weight is 300 g/mol. The van der Waals surface area contributed by atoms with Gasteiger partial charge >= 0.3 is 0 Å². The summed E-state index contributed by atoms with van der Waals surface area (Å²) in [6.45, 7) is 2.98. The topological polar surface area (TPSA) is 43.8 Å². The van der Waals surface area contributed by atoms with Crippen LogP contribution in [0, 0.1) is 11.6 Å². The van der Waals surface area contributed by atoms with E-state index in [0.29, 0.717) is 12.1 Å². The van der Waals surface area contributed by atoms with Crippen LogP contribution in [-0.4, -0.2) is 54.5 Å². The van der Waals surface area contributed by atoms with Crippen LogP contribution in [0.3, 0.4) is 0 Å². The van der Waals surface area contributed by atoms with Crippen LogP contribution < -0.4 is 0 Å². The molecule has 0 radical (unpaired) electrons. The van der Waals surface area contributed by atoms with Gasteiger partial charge in [0.05, 0.1) is 12.6 Å². The minimum absolute atomic E-state index is 0.0686. The average Bonchev–Trinajstić information content (AvgIpc) is 2.41. The predicted molar refractivity (Wildman–Crippen MR) is 76.7 cm³/mol.